The van der Waals surface area contributed by atoms with Crippen molar-refractivity contribution in [2.45, 2.75) is 19.3 Å². The van der Waals surface area contributed by atoms with Gasteiger partial charge in [-0.15, -0.1) is 11.3 Å². The van der Waals surface area contributed by atoms with Gasteiger partial charge in [-0.1, -0.05) is 12.1 Å². The summed E-state index contributed by atoms with van der Waals surface area (Å²) >= 11 is 1.67. The maximum atomic E-state index is 12.4. The van der Waals surface area contributed by atoms with Gasteiger partial charge in [-0.3, -0.25) is 4.79 Å². The van der Waals surface area contributed by atoms with Crippen LogP contribution in [0.2, 0.25) is 0 Å². The van der Waals surface area contributed by atoms with Gasteiger partial charge in [-0.05, 0) is 54.7 Å². The monoisotopic (exact) mass is 259 g/mol. The maximum Gasteiger partial charge on any atom is 0.164 e. The second-order valence-corrected chi connectivity index (χ2v) is 5.90. The Morgan fingerprint density at radius 1 is 1.39 bits per heavy atom. The van der Waals surface area contributed by atoms with E-state index in [-0.39, 0.29) is 0 Å². The smallest absolute Gasteiger partial charge is 0.164 e. The lowest BCUT2D eigenvalue weighted by Gasteiger charge is -2.22. The van der Waals surface area contributed by atoms with Gasteiger partial charge < -0.3 is 5.32 Å². The summed E-state index contributed by atoms with van der Waals surface area (Å²) in [5.41, 5.74) is 0.910. The highest BCUT2D eigenvalue weighted by atomic mass is 32.1. The largest absolute Gasteiger partial charge is 0.316 e. The highest BCUT2D eigenvalue weighted by Gasteiger charge is 2.19. The predicted molar refractivity (Wildman–Crippen MR) is 76.4 cm³/mol. The molecule has 1 fully saturated rings. The van der Waals surface area contributed by atoms with Crippen molar-refractivity contribution in [1.82, 2.24) is 5.32 Å². The van der Waals surface area contributed by atoms with E-state index in [1.165, 1.54) is 18.2 Å². The van der Waals surface area contributed by atoms with Crippen LogP contribution in [0.3, 0.4) is 0 Å². The average molecular weight is 259 g/mol. The van der Waals surface area contributed by atoms with Gasteiger partial charge >= 0.3 is 0 Å². The topological polar surface area (TPSA) is 29.1 Å². The van der Waals surface area contributed by atoms with Crippen LogP contribution < -0.4 is 5.32 Å². The lowest BCUT2D eigenvalue weighted by Crippen LogP contribution is -2.31. The molecule has 1 unspecified atom stereocenters. The molecule has 1 N–H and O–H groups in total. The first kappa shape index (κ1) is 11.9. The zero-order valence-electron chi connectivity index (χ0n) is 10.3. The molecule has 0 spiro atoms. The number of carbonyl (C=O) groups excluding carboxylic acids is 1. The van der Waals surface area contributed by atoms with Crippen molar-refractivity contribution in [2.24, 2.45) is 5.92 Å². The molecule has 1 aromatic heterocycles. The molecule has 2 nitrogen and oxygen atoms in total. The Kier molecular flexibility index (Phi) is 3.43. The summed E-state index contributed by atoms with van der Waals surface area (Å²) in [4.78, 5) is 12.4. The van der Waals surface area contributed by atoms with E-state index in [0.717, 1.165) is 23.4 Å². The summed E-state index contributed by atoms with van der Waals surface area (Å²) in [7, 11) is 0. The number of hydrogen-bond acceptors (Lipinski definition) is 3. The van der Waals surface area contributed by atoms with Gasteiger partial charge in [-0.25, -0.2) is 0 Å². The Morgan fingerprint density at radius 3 is 3.17 bits per heavy atom. The molecule has 94 valence electrons. The quantitative estimate of drug-likeness (QED) is 0.855. The van der Waals surface area contributed by atoms with Gasteiger partial charge in [0.05, 0.1) is 0 Å². The fraction of sp³-hybridized carbons (Fsp3) is 0.400. The zero-order valence-corrected chi connectivity index (χ0v) is 11.1. The number of Topliss-reactive ketones (excluding diaryl/α,β-unsaturated/α-hetero) is 1. The van der Waals surface area contributed by atoms with E-state index in [1.807, 2.05) is 12.1 Å². The van der Waals surface area contributed by atoms with Crippen LogP contribution >= 0.6 is 11.3 Å². The Morgan fingerprint density at radius 2 is 2.33 bits per heavy atom. The first-order valence-electron chi connectivity index (χ1n) is 6.55. The van der Waals surface area contributed by atoms with Crippen molar-refractivity contribution >= 4 is 27.2 Å². The average Bonchev–Trinajstić information content (AvgIpc) is 2.87. The molecule has 0 bridgehead atoms. The molecule has 0 radical (unpaired) electrons. The van der Waals surface area contributed by atoms with Gasteiger partial charge in [0.1, 0.15) is 0 Å². The number of nitrogens with one attached hydrogen (secondary N) is 1. The number of piperidine rings is 1. The fourth-order valence-electron chi connectivity index (χ4n) is 2.68. The zero-order chi connectivity index (χ0) is 12.4. The van der Waals surface area contributed by atoms with E-state index in [2.05, 4.69) is 22.8 Å². The third-order valence-corrected chi connectivity index (χ3v) is 4.62. The normalized spacial score (nSPS) is 20.1. The van der Waals surface area contributed by atoms with E-state index in [9.17, 15) is 4.79 Å². The molecule has 1 atom stereocenters. The van der Waals surface area contributed by atoms with Crippen LogP contribution in [0.4, 0.5) is 0 Å². The minimum Gasteiger partial charge on any atom is -0.316 e. The molecule has 3 heteroatoms. The minimum atomic E-state index is 0.303. The lowest BCUT2D eigenvalue weighted by molar-refractivity contribution is 0.0955. The molecule has 1 saturated heterocycles. The van der Waals surface area contributed by atoms with Crippen LogP contribution in [-0.2, 0) is 0 Å². The van der Waals surface area contributed by atoms with Gasteiger partial charge in [0, 0.05) is 16.7 Å². The van der Waals surface area contributed by atoms with Gasteiger partial charge in [0.25, 0.3) is 0 Å². The molecule has 1 aliphatic heterocycles. The first-order valence-corrected chi connectivity index (χ1v) is 7.43. The lowest BCUT2D eigenvalue weighted by atomic mass is 9.92. The minimum absolute atomic E-state index is 0.303. The number of benzene rings is 1. The molecular weight excluding hydrogens is 242 g/mol. The molecular formula is C15H17NOS. The number of hydrogen-bond donors (Lipinski definition) is 1. The van der Waals surface area contributed by atoms with E-state index in [1.54, 1.807) is 11.3 Å². The molecule has 0 aliphatic carbocycles. The second kappa shape index (κ2) is 5.21. The number of fused-ring (bicyclic) bond motifs is 1. The Bertz CT molecular complexity index is 554. The standard InChI is InChI=1S/C15H17NOS/c17-14(9-11-3-2-7-16-10-11)13-5-1-4-12-6-8-18-15(12)13/h1,4-6,8,11,16H,2-3,7,9-10H2. The molecule has 2 aromatic rings. The Labute approximate surface area is 111 Å². The molecule has 3 rings (SSSR count). The van der Waals surface area contributed by atoms with E-state index in [4.69, 9.17) is 0 Å². The van der Waals surface area contributed by atoms with Gasteiger partial charge in [-0.2, -0.15) is 0 Å². The predicted octanol–water partition coefficient (Wildman–Crippen LogP) is 3.47. The van der Waals surface area contributed by atoms with E-state index in [0.29, 0.717) is 18.1 Å². The molecule has 1 aliphatic rings. The highest BCUT2D eigenvalue weighted by molar-refractivity contribution is 7.17. The molecule has 0 saturated carbocycles. The second-order valence-electron chi connectivity index (χ2n) is 4.98. The summed E-state index contributed by atoms with van der Waals surface area (Å²) in [6.45, 7) is 2.09. The van der Waals surface area contributed by atoms with Crippen LogP contribution in [-0.4, -0.2) is 18.9 Å². The molecule has 18 heavy (non-hydrogen) atoms. The third-order valence-electron chi connectivity index (χ3n) is 3.65. The van der Waals surface area contributed by atoms with E-state index >= 15 is 0 Å². The Hall–Kier alpha value is -1.19. The number of carbonyl (C=O) groups is 1. The SMILES string of the molecule is O=C(CC1CCCNC1)c1cccc2ccsc12. The number of ketones is 1. The van der Waals surface area contributed by atoms with Crippen molar-refractivity contribution in [3.63, 3.8) is 0 Å². The fourth-order valence-corrected chi connectivity index (χ4v) is 3.61. The number of rotatable bonds is 3. The summed E-state index contributed by atoms with van der Waals surface area (Å²) in [6, 6.07) is 8.11. The molecule has 0 amide bonds. The van der Waals surface area contributed by atoms with Gasteiger partial charge in [0.15, 0.2) is 5.78 Å². The maximum absolute atomic E-state index is 12.4. The molecule has 2 heterocycles. The van der Waals surface area contributed by atoms with Crippen molar-refractivity contribution in [2.75, 3.05) is 13.1 Å². The summed E-state index contributed by atoms with van der Waals surface area (Å²) in [5, 5.41) is 6.62. The summed E-state index contributed by atoms with van der Waals surface area (Å²) in [5.74, 6) is 0.818. The van der Waals surface area contributed by atoms with Crippen LogP contribution in [0, 0.1) is 5.92 Å². The van der Waals surface area contributed by atoms with Gasteiger partial charge in [0.2, 0.25) is 0 Å². The van der Waals surface area contributed by atoms with Crippen molar-refractivity contribution in [1.29, 1.82) is 0 Å². The first-order chi connectivity index (χ1) is 8.84. The van der Waals surface area contributed by atoms with Crippen molar-refractivity contribution in [3.05, 3.63) is 35.2 Å². The van der Waals surface area contributed by atoms with Crippen molar-refractivity contribution < 1.29 is 4.79 Å². The molecule has 1 aromatic carbocycles. The van der Waals surface area contributed by atoms with Crippen LogP contribution in [0.5, 0.6) is 0 Å². The third kappa shape index (κ3) is 2.33. The van der Waals surface area contributed by atoms with Crippen LogP contribution in [0.25, 0.3) is 10.1 Å². The van der Waals surface area contributed by atoms with Crippen molar-refractivity contribution in [3.8, 4) is 0 Å². The number of thiophene rings is 1. The van der Waals surface area contributed by atoms with E-state index < -0.39 is 0 Å². The summed E-state index contributed by atoms with van der Waals surface area (Å²) < 4.78 is 1.14. The van der Waals surface area contributed by atoms with Crippen LogP contribution in [0.15, 0.2) is 29.6 Å². The highest BCUT2D eigenvalue weighted by Crippen LogP contribution is 2.27. The Balaban J connectivity index is 1.81. The summed E-state index contributed by atoms with van der Waals surface area (Å²) in [6.07, 6.45) is 3.06. The van der Waals surface area contributed by atoms with Crippen LogP contribution in [0.1, 0.15) is 29.6 Å².